The molecule has 0 aliphatic heterocycles. The lowest BCUT2D eigenvalue weighted by molar-refractivity contribution is -0.118. The van der Waals surface area contributed by atoms with Crippen molar-refractivity contribution in [1.29, 1.82) is 0 Å². The van der Waals surface area contributed by atoms with Gasteiger partial charge in [0.25, 0.3) is 5.91 Å². The number of rotatable bonds is 6. The molecule has 0 atom stereocenters. The van der Waals surface area contributed by atoms with Gasteiger partial charge >= 0.3 is 0 Å². The molecule has 0 saturated heterocycles. The molecule has 1 aromatic carbocycles. The molecule has 6 nitrogen and oxygen atoms in total. The molecule has 21 heavy (non-hydrogen) atoms. The van der Waals surface area contributed by atoms with Gasteiger partial charge in [0.05, 0.1) is 13.0 Å². The Morgan fingerprint density at radius 1 is 1.29 bits per heavy atom. The van der Waals surface area contributed by atoms with Gasteiger partial charge in [-0.25, -0.2) is 0 Å². The zero-order chi connectivity index (χ0) is 15.2. The van der Waals surface area contributed by atoms with Crippen LogP contribution in [0.25, 0.3) is 0 Å². The summed E-state index contributed by atoms with van der Waals surface area (Å²) < 4.78 is 6.15. The summed E-state index contributed by atoms with van der Waals surface area (Å²) in [4.78, 5) is 25.4. The van der Waals surface area contributed by atoms with Gasteiger partial charge in [0.2, 0.25) is 5.91 Å². The van der Waals surface area contributed by atoms with Gasteiger partial charge in [0.15, 0.2) is 0 Å². The first-order valence-corrected chi connectivity index (χ1v) is 7.00. The molecule has 0 radical (unpaired) electrons. The first-order valence-electron chi connectivity index (χ1n) is 6.21. The van der Waals surface area contributed by atoms with Crippen LogP contribution in [-0.4, -0.2) is 23.4 Å². The molecule has 110 valence electrons. The average Bonchev–Trinajstić information content (AvgIpc) is 2.87. The number of H-pyrrole nitrogens is 1. The van der Waals surface area contributed by atoms with E-state index >= 15 is 0 Å². The third-order valence-electron chi connectivity index (χ3n) is 2.62. The summed E-state index contributed by atoms with van der Waals surface area (Å²) in [5, 5.41) is 2.75. The fourth-order valence-corrected chi connectivity index (χ4v) is 1.94. The first kappa shape index (κ1) is 15.1. The standard InChI is InChI=1S/C14H14BrN3O3/c15-9-7-12(17-8-9)14(20)18-10-1-3-11(4-2-10)21-6-5-13(16)19/h1-4,7-8,17H,5-6H2,(H2,16,19)(H,18,20). The van der Waals surface area contributed by atoms with Crippen LogP contribution in [0.2, 0.25) is 0 Å². The van der Waals surface area contributed by atoms with E-state index in [0.29, 0.717) is 17.1 Å². The summed E-state index contributed by atoms with van der Waals surface area (Å²) in [5.41, 5.74) is 6.13. The molecule has 0 aliphatic rings. The van der Waals surface area contributed by atoms with E-state index in [2.05, 4.69) is 26.2 Å². The maximum atomic E-state index is 11.9. The van der Waals surface area contributed by atoms with E-state index in [4.69, 9.17) is 10.5 Å². The molecule has 4 N–H and O–H groups in total. The average molecular weight is 352 g/mol. The second-order valence-electron chi connectivity index (χ2n) is 4.27. The summed E-state index contributed by atoms with van der Waals surface area (Å²) in [7, 11) is 0. The zero-order valence-corrected chi connectivity index (χ0v) is 12.6. The molecule has 2 aromatic rings. The Labute approximate surface area is 129 Å². The molecule has 0 aliphatic carbocycles. The summed E-state index contributed by atoms with van der Waals surface area (Å²) in [6.45, 7) is 0.234. The highest BCUT2D eigenvalue weighted by atomic mass is 79.9. The van der Waals surface area contributed by atoms with Gasteiger partial charge in [-0.15, -0.1) is 0 Å². The van der Waals surface area contributed by atoms with Gasteiger partial charge in [0, 0.05) is 16.4 Å². The summed E-state index contributed by atoms with van der Waals surface area (Å²) in [6, 6.07) is 8.55. The van der Waals surface area contributed by atoms with E-state index < -0.39 is 5.91 Å². The molecule has 7 heteroatoms. The minimum atomic E-state index is -0.406. The largest absolute Gasteiger partial charge is 0.493 e. The predicted molar refractivity (Wildman–Crippen MR) is 82.2 cm³/mol. The van der Waals surface area contributed by atoms with Crippen molar-refractivity contribution >= 4 is 33.4 Å². The van der Waals surface area contributed by atoms with E-state index in [1.54, 1.807) is 36.5 Å². The smallest absolute Gasteiger partial charge is 0.272 e. The molecule has 0 fully saturated rings. The first-order chi connectivity index (χ1) is 10.0. The van der Waals surface area contributed by atoms with E-state index in [9.17, 15) is 9.59 Å². The Bertz CT molecular complexity index is 637. The quantitative estimate of drug-likeness (QED) is 0.744. The minimum Gasteiger partial charge on any atom is -0.493 e. The fraction of sp³-hybridized carbons (Fsp3) is 0.143. The molecule has 2 rings (SSSR count). The number of anilines is 1. The lowest BCUT2D eigenvalue weighted by atomic mass is 10.3. The number of benzene rings is 1. The molecule has 0 bridgehead atoms. The molecule has 1 aromatic heterocycles. The van der Waals surface area contributed by atoms with Crippen molar-refractivity contribution in [2.75, 3.05) is 11.9 Å². The Morgan fingerprint density at radius 2 is 2.00 bits per heavy atom. The third kappa shape index (κ3) is 4.64. The highest BCUT2D eigenvalue weighted by molar-refractivity contribution is 9.10. The lowest BCUT2D eigenvalue weighted by Crippen LogP contribution is -2.14. The van der Waals surface area contributed by atoms with Gasteiger partial charge in [-0.1, -0.05) is 0 Å². The number of amides is 2. The number of ether oxygens (including phenoxy) is 1. The number of halogens is 1. The molecule has 1 heterocycles. The SMILES string of the molecule is NC(=O)CCOc1ccc(NC(=O)c2cc(Br)c[nH]2)cc1. The number of carbonyl (C=O) groups is 2. The van der Waals surface area contributed by atoms with E-state index in [-0.39, 0.29) is 18.9 Å². The van der Waals surface area contributed by atoms with E-state index in [1.165, 1.54) is 0 Å². The Balaban J connectivity index is 1.90. The van der Waals surface area contributed by atoms with Crippen molar-refractivity contribution in [2.45, 2.75) is 6.42 Å². The number of aromatic amines is 1. The second kappa shape index (κ2) is 6.94. The molecule has 2 amide bonds. The van der Waals surface area contributed by atoms with Crippen LogP contribution in [0.4, 0.5) is 5.69 Å². The Kier molecular flexibility index (Phi) is 4.99. The Hall–Kier alpha value is -2.28. The monoisotopic (exact) mass is 351 g/mol. The maximum absolute atomic E-state index is 11.9. The van der Waals surface area contributed by atoms with Crippen LogP contribution in [0.15, 0.2) is 41.0 Å². The number of nitrogens with two attached hydrogens (primary N) is 1. The van der Waals surface area contributed by atoms with Crippen LogP contribution in [0.1, 0.15) is 16.9 Å². The lowest BCUT2D eigenvalue weighted by Gasteiger charge is -2.07. The number of nitrogens with one attached hydrogen (secondary N) is 2. The highest BCUT2D eigenvalue weighted by Crippen LogP contribution is 2.17. The molecule has 0 saturated carbocycles. The topological polar surface area (TPSA) is 97.2 Å². The second-order valence-corrected chi connectivity index (χ2v) is 5.19. The molecule has 0 spiro atoms. The number of hydrogen-bond donors (Lipinski definition) is 3. The predicted octanol–water partition coefficient (Wildman–Crippen LogP) is 2.28. The van der Waals surface area contributed by atoms with Crippen molar-refractivity contribution in [3.05, 3.63) is 46.7 Å². The molecular formula is C14H14BrN3O3. The summed E-state index contributed by atoms with van der Waals surface area (Å²) in [5.74, 6) is -0.0315. The number of hydrogen-bond acceptors (Lipinski definition) is 3. The van der Waals surface area contributed by atoms with Gasteiger partial charge in [-0.2, -0.15) is 0 Å². The number of primary amides is 1. The molecule has 0 unspecified atom stereocenters. The third-order valence-corrected chi connectivity index (χ3v) is 3.08. The zero-order valence-electron chi connectivity index (χ0n) is 11.1. The van der Waals surface area contributed by atoms with Crippen molar-refractivity contribution in [1.82, 2.24) is 4.98 Å². The van der Waals surface area contributed by atoms with Crippen molar-refractivity contribution in [2.24, 2.45) is 5.73 Å². The van der Waals surface area contributed by atoms with Crippen molar-refractivity contribution < 1.29 is 14.3 Å². The van der Waals surface area contributed by atoms with Crippen molar-refractivity contribution in [3.63, 3.8) is 0 Å². The van der Waals surface area contributed by atoms with Crippen LogP contribution in [0.5, 0.6) is 5.75 Å². The van der Waals surface area contributed by atoms with Crippen LogP contribution in [0.3, 0.4) is 0 Å². The van der Waals surface area contributed by atoms with Crippen molar-refractivity contribution in [3.8, 4) is 5.75 Å². The highest BCUT2D eigenvalue weighted by Gasteiger charge is 2.08. The Morgan fingerprint density at radius 3 is 2.57 bits per heavy atom. The summed E-state index contributed by atoms with van der Waals surface area (Å²) in [6.07, 6.45) is 1.85. The van der Waals surface area contributed by atoms with E-state index in [0.717, 1.165) is 4.47 Å². The fourth-order valence-electron chi connectivity index (χ4n) is 1.60. The van der Waals surface area contributed by atoms with Gasteiger partial charge in [0.1, 0.15) is 11.4 Å². The van der Waals surface area contributed by atoms with Gasteiger partial charge in [-0.3, -0.25) is 9.59 Å². The maximum Gasteiger partial charge on any atom is 0.272 e. The van der Waals surface area contributed by atoms with Gasteiger partial charge < -0.3 is 20.8 Å². The minimum absolute atomic E-state index is 0.167. The molecular weight excluding hydrogens is 338 g/mol. The van der Waals surface area contributed by atoms with Crippen LogP contribution in [0, 0.1) is 0 Å². The normalized spacial score (nSPS) is 10.1. The summed E-state index contributed by atoms with van der Waals surface area (Å²) >= 11 is 3.27. The number of aromatic nitrogens is 1. The van der Waals surface area contributed by atoms with Crippen LogP contribution in [-0.2, 0) is 4.79 Å². The number of carbonyl (C=O) groups excluding carboxylic acids is 2. The van der Waals surface area contributed by atoms with Gasteiger partial charge in [-0.05, 0) is 46.3 Å². The van der Waals surface area contributed by atoms with E-state index in [1.807, 2.05) is 0 Å². The van der Waals surface area contributed by atoms with Crippen LogP contribution >= 0.6 is 15.9 Å². The van der Waals surface area contributed by atoms with Crippen LogP contribution < -0.4 is 15.8 Å².